The van der Waals surface area contributed by atoms with E-state index in [-0.39, 0.29) is 0 Å². The van der Waals surface area contributed by atoms with Crippen LogP contribution in [-0.4, -0.2) is 37.2 Å². The third-order valence-corrected chi connectivity index (χ3v) is 6.03. The van der Waals surface area contributed by atoms with Gasteiger partial charge in [-0.3, -0.25) is 4.79 Å². The van der Waals surface area contributed by atoms with Crippen molar-refractivity contribution in [2.45, 2.75) is 33.1 Å². The van der Waals surface area contributed by atoms with Crippen molar-refractivity contribution in [1.82, 2.24) is 4.98 Å². The monoisotopic (exact) mass is 422 g/mol. The van der Waals surface area contributed by atoms with Gasteiger partial charge in [-0.05, 0) is 68.1 Å². The largest absolute Gasteiger partial charge is 0.357 e. The maximum Gasteiger partial charge on any atom is 0.144 e. The molecular formula is C24H31N4OP. The maximum atomic E-state index is 10.6. The number of aldehydes is 1. The van der Waals surface area contributed by atoms with Gasteiger partial charge in [0.1, 0.15) is 17.9 Å². The van der Waals surface area contributed by atoms with Gasteiger partial charge in [-0.2, -0.15) is 0 Å². The van der Waals surface area contributed by atoms with Crippen LogP contribution in [0, 0.1) is 5.92 Å². The Morgan fingerprint density at radius 1 is 1.27 bits per heavy atom. The Hall–Kier alpha value is -2.52. The predicted octanol–water partition coefficient (Wildman–Crippen LogP) is 4.00. The highest BCUT2D eigenvalue weighted by atomic mass is 31.0. The number of anilines is 2. The number of hydrogen-bond donors (Lipinski definition) is 0. The minimum Gasteiger partial charge on any atom is -0.357 e. The fourth-order valence-electron chi connectivity index (χ4n) is 3.84. The van der Waals surface area contributed by atoms with Crippen molar-refractivity contribution in [1.29, 1.82) is 0 Å². The molecular weight excluding hydrogens is 391 g/mol. The van der Waals surface area contributed by atoms with Gasteiger partial charge in [0.15, 0.2) is 0 Å². The number of aromatic nitrogens is 1. The first-order valence-corrected chi connectivity index (χ1v) is 11.0. The van der Waals surface area contributed by atoms with Gasteiger partial charge in [0.25, 0.3) is 0 Å². The van der Waals surface area contributed by atoms with E-state index in [2.05, 4.69) is 55.5 Å². The van der Waals surface area contributed by atoms with E-state index in [1.807, 2.05) is 32.0 Å². The van der Waals surface area contributed by atoms with E-state index in [0.717, 1.165) is 49.1 Å². The third kappa shape index (κ3) is 5.99. The van der Waals surface area contributed by atoms with Crippen molar-refractivity contribution < 1.29 is 4.79 Å². The van der Waals surface area contributed by atoms with E-state index in [1.54, 1.807) is 0 Å². The highest BCUT2D eigenvalue weighted by Gasteiger charge is 2.20. The number of benzene rings is 1. The smallest absolute Gasteiger partial charge is 0.144 e. The van der Waals surface area contributed by atoms with Crippen molar-refractivity contribution in [2.75, 3.05) is 29.9 Å². The van der Waals surface area contributed by atoms with E-state index >= 15 is 0 Å². The summed E-state index contributed by atoms with van der Waals surface area (Å²) in [6.45, 7) is 5.83. The zero-order valence-electron chi connectivity index (χ0n) is 18.1. The van der Waals surface area contributed by atoms with Crippen LogP contribution in [0.1, 0.15) is 32.3 Å². The normalized spacial score (nSPS) is 15.9. The van der Waals surface area contributed by atoms with Crippen LogP contribution in [-0.2, 0) is 11.2 Å². The molecule has 2 heterocycles. The zero-order chi connectivity index (χ0) is 21.5. The number of amidine groups is 1. The van der Waals surface area contributed by atoms with Crippen molar-refractivity contribution in [3.63, 3.8) is 0 Å². The number of hydrogen-bond acceptors (Lipinski definition) is 4. The third-order valence-electron chi connectivity index (χ3n) is 5.67. The van der Waals surface area contributed by atoms with Crippen LogP contribution in [0.25, 0.3) is 0 Å². The second-order valence-corrected chi connectivity index (χ2v) is 8.58. The Bertz CT molecular complexity index is 915. The number of nitrogens with zero attached hydrogens (tertiary/aromatic N) is 4. The number of carbonyl (C=O) groups excluding carboxylic acids is 1. The van der Waals surface area contributed by atoms with Crippen molar-refractivity contribution >= 4 is 38.2 Å². The Morgan fingerprint density at radius 2 is 2.03 bits per heavy atom. The summed E-state index contributed by atoms with van der Waals surface area (Å²) in [5.41, 5.74) is 3.10. The van der Waals surface area contributed by atoms with E-state index in [1.165, 1.54) is 29.8 Å². The van der Waals surface area contributed by atoms with E-state index in [9.17, 15) is 4.79 Å². The molecule has 1 aromatic heterocycles. The first kappa shape index (κ1) is 22.2. The van der Waals surface area contributed by atoms with Gasteiger partial charge in [-0.25, -0.2) is 9.98 Å². The molecule has 158 valence electrons. The molecule has 30 heavy (non-hydrogen) atoms. The number of aliphatic imine (C=N–C) groups is 1. The number of allylic oxidation sites excluding steroid dienone is 2. The summed E-state index contributed by atoms with van der Waals surface area (Å²) in [6, 6.07) is 12.9. The van der Waals surface area contributed by atoms with Gasteiger partial charge < -0.3 is 9.80 Å². The summed E-state index contributed by atoms with van der Waals surface area (Å²) in [7, 11) is 4.74. The second-order valence-electron chi connectivity index (χ2n) is 7.92. The molecule has 6 heteroatoms. The molecule has 1 unspecified atom stereocenters. The first-order valence-electron chi connectivity index (χ1n) is 10.4. The van der Waals surface area contributed by atoms with Gasteiger partial charge in [-0.1, -0.05) is 24.3 Å². The summed E-state index contributed by atoms with van der Waals surface area (Å²) < 4.78 is 0. The number of rotatable bonds is 6. The summed E-state index contributed by atoms with van der Waals surface area (Å²) in [5, 5.41) is 1.26. The summed E-state index contributed by atoms with van der Waals surface area (Å²) in [4.78, 5) is 24.1. The van der Waals surface area contributed by atoms with Crippen molar-refractivity contribution in [3.8, 4) is 0 Å². The number of carbonyl (C=O) groups is 1. The fourth-order valence-corrected chi connectivity index (χ4v) is 4.16. The molecule has 0 spiro atoms. The molecule has 0 bridgehead atoms. The van der Waals surface area contributed by atoms with Crippen molar-refractivity contribution in [2.24, 2.45) is 10.9 Å². The van der Waals surface area contributed by atoms with Crippen LogP contribution in [0.4, 0.5) is 11.5 Å². The lowest BCUT2D eigenvalue weighted by atomic mass is 9.90. The standard InChI is InChI=1S/C24H31N4OP/c1-18(11-14-29)26-19(2)27(3)22-7-8-24(25-17-22)28-12-9-20(10-13-28)15-21-5-4-6-23(30)16-21/h4-8,11,14,16-17,20H,9-10,12-13,15,30H2,1-3H3/b18-11-,26-19?. The summed E-state index contributed by atoms with van der Waals surface area (Å²) >= 11 is 0. The minimum atomic E-state index is 0.686. The highest BCUT2D eigenvalue weighted by Crippen LogP contribution is 2.26. The molecule has 1 saturated heterocycles. The molecule has 1 aliphatic heterocycles. The second kappa shape index (κ2) is 10.5. The van der Waals surface area contributed by atoms with Gasteiger partial charge in [0.05, 0.1) is 11.9 Å². The summed E-state index contributed by atoms with van der Waals surface area (Å²) in [5.74, 6) is 2.58. The molecule has 1 aliphatic rings. The average molecular weight is 423 g/mol. The highest BCUT2D eigenvalue weighted by molar-refractivity contribution is 7.27. The zero-order valence-corrected chi connectivity index (χ0v) is 19.2. The lowest BCUT2D eigenvalue weighted by Crippen LogP contribution is -2.35. The average Bonchev–Trinajstić information content (AvgIpc) is 2.74. The van der Waals surface area contributed by atoms with Crippen LogP contribution in [0.2, 0.25) is 0 Å². The molecule has 0 N–H and O–H groups in total. The lowest BCUT2D eigenvalue weighted by Gasteiger charge is -2.33. The predicted molar refractivity (Wildman–Crippen MR) is 130 cm³/mol. The Kier molecular flexibility index (Phi) is 7.75. The molecule has 0 radical (unpaired) electrons. The van der Waals surface area contributed by atoms with Crippen LogP contribution >= 0.6 is 9.24 Å². The maximum absolute atomic E-state index is 10.6. The van der Waals surface area contributed by atoms with E-state index < -0.39 is 0 Å². The molecule has 1 aromatic carbocycles. The Labute approximate surface area is 182 Å². The van der Waals surface area contributed by atoms with Crippen LogP contribution < -0.4 is 15.1 Å². The fraction of sp³-hybridized carbons (Fsp3) is 0.375. The quantitative estimate of drug-likeness (QED) is 0.232. The SMILES string of the molecule is CC(=N/C(C)=C\C=O)N(C)c1ccc(N2CCC(Cc3cccc(P)c3)CC2)nc1. The molecule has 0 amide bonds. The molecule has 1 fully saturated rings. The molecule has 3 rings (SSSR count). The van der Waals surface area contributed by atoms with Gasteiger partial charge in [-0.15, -0.1) is 9.24 Å². The van der Waals surface area contributed by atoms with Crippen LogP contribution in [0.3, 0.4) is 0 Å². The van der Waals surface area contributed by atoms with Gasteiger partial charge >= 0.3 is 0 Å². The Balaban J connectivity index is 1.57. The van der Waals surface area contributed by atoms with E-state index in [0.29, 0.717) is 5.70 Å². The lowest BCUT2D eigenvalue weighted by molar-refractivity contribution is -0.104. The summed E-state index contributed by atoms with van der Waals surface area (Å²) in [6.07, 6.45) is 7.65. The van der Waals surface area contributed by atoms with Crippen LogP contribution in [0.15, 0.2) is 59.4 Å². The van der Waals surface area contributed by atoms with Gasteiger partial charge in [0.2, 0.25) is 0 Å². The number of piperidine rings is 1. The molecule has 1 atom stereocenters. The molecule has 5 nitrogen and oxygen atoms in total. The Morgan fingerprint density at radius 3 is 2.67 bits per heavy atom. The van der Waals surface area contributed by atoms with Crippen LogP contribution in [0.5, 0.6) is 0 Å². The number of pyridine rings is 1. The molecule has 0 saturated carbocycles. The first-order chi connectivity index (χ1) is 14.5. The minimum absolute atomic E-state index is 0.686. The van der Waals surface area contributed by atoms with Crippen molar-refractivity contribution in [3.05, 3.63) is 59.9 Å². The van der Waals surface area contributed by atoms with Gasteiger partial charge in [0, 0.05) is 25.8 Å². The molecule has 0 aliphatic carbocycles. The molecule has 2 aromatic rings. The van der Waals surface area contributed by atoms with E-state index in [4.69, 9.17) is 4.98 Å². The topological polar surface area (TPSA) is 48.8 Å².